The number of aryl methyl sites for hydroxylation is 2. The molecule has 0 radical (unpaired) electrons. The van der Waals surface area contributed by atoms with Crippen LogP contribution in [-0.2, 0) is 0 Å². The Kier molecular flexibility index (Phi) is 2.30. The van der Waals surface area contributed by atoms with Gasteiger partial charge in [-0.15, -0.1) is 0 Å². The highest BCUT2D eigenvalue weighted by Gasteiger charge is 2.07. The van der Waals surface area contributed by atoms with E-state index < -0.39 is 0 Å². The van der Waals surface area contributed by atoms with Gasteiger partial charge in [0.1, 0.15) is 5.82 Å². The Hall–Kier alpha value is -2.36. The molecule has 4 nitrogen and oxygen atoms in total. The molecule has 2 N–H and O–H groups in total. The lowest BCUT2D eigenvalue weighted by atomic mass is 10.1. The standard InChI is InChI=1S/C14H14N4/c1-9-4-3-5-11(6-9)12-8-13(15)18-14(16-12)7-10(2)17-18/h3-8H,15H2,1-2H3. The third-order valence-corrected chi connectivity index (χ3v) is 2.89. The lowest BCUT2D eigenvalue weighted by Crippen LogP contribution is -2.01. The molecule has 0 atom stereocenters. The first kappa shape index (κ1) is 10.8. The van der Waals surface area contributed by atoms with Gasteiger partial charge in [-0.25, -0.2) is 4.98 Å². The fourth-order valence-electron chi connectivity index (χ4n) is 2.06. The molecule has 0 aliphatic carbocycles. The van der Waals surface area contributed by atoms with Crippen molar-refractivity contribution in [2.75, 3.05) is 5.73 Å². The van der Waals surface area contributed by atoms with Crippen LogP contribution in [0.4, 0.5) is 5.82 Å². The number of hydrogen-bond donors (Lipinski definition) is 1. The molecule has 0 aliphatic heterocycles. The second-order valence-electron chi connectivity index (χ2n) is 4.49. The topological polar surface area (TPSA) is 56.2 Å². The summed E-state index contributed by atoms with van der Waals surface area (Å²) in [4.78, 5) is 4.59. The van der Waals surface area contributed by atoms with Crippen molar-refractivity contribution in [3.8, 4) is 11.3 Å². The summed E-state index contributed by atoms with van der Waals surface area (Å²) in [6.07, 6.45) is 0. The van der Waals surface area contributed by atoms with E-state index in [-0.39, 0.29) is 0 Å². The average Bonchev–Trinajstić information content (AvgIpc) is 2.70. The van der Waals surface area contributed by atoms with Crippen molar-refractivity contribution in [2.24, 2.45) is 0 Å². The van der Waals surface area contributed by atoms with Crippen molar-refractivity contribution < 1.29 is 0 Å². The van der Waals surface area contributed by atoms with Gasteiger partial charge < -0.3 is 5.73 Å². The van der Waals surface area contributed by atoms with Gasteiger partial charge >= 0.3 is 0 Å². The maximum absolute atomic E-state index is 6.01. The van der Waals surface area contributed by atoms with E-state index >= 15 is 0 Å². The highest BCUT2D eigenvalue weighted by molar-refractivity contribution is 5.66. The largest absolute Gasteiger partial charge is 0.384 e. The molecular weight excluding hydrogens is 224 g/mol. The van der Waals surface area contributed by atoms with Gasteiger partial charge in [0.05, 0.1) is 11.4 Å². The number of nitrogen functional groups attached to an aromatic ring is 1. The van der Waals surface area contributed by atoms with E-state index in [1.165, 1.54) is 5.56 Å². The molecule has 4 heteroatoms. The van der Waals surface area contributed by atoms with Crippen LogP contribution in [0, 0.1) is 13.8 Å². The number of nitrogens with two attached hydrogens (primary N) is 1. The third kappa shape index (κ3) is 1.72. The monoisotopic (exact) mass is 238 g/mol. The molecule has 0 unspecified atom stereocenters. The molecular formula is C14H14N4. The quantitative estimate of drug-likeness (QED) is 0.709. The minimum Gasteiger partial charge on any atom is -0.384 e. The number of benzene rings is 1. The molecule has 0 aliphatic rings. The first-order valence-electron chi connectivity index (χ1n) is 5.83. The van der Waals surface area contributed by atoms with Gasteiger partial charge in [-0.2, -0.15) is 9.61 Å². The average molecular weight is 238 g/mol. The van der Waals surface area contributed by atoms with Crippen LogP contribution >= 0.6 is 0 Å². The SMILES string of the molecule is Cc1cccc(-c2cc(N)n3nc(C)cc3n2)c1. The highest BCUT2D eigenvalue weighted by Crippen LogP contribution is 2.21. The minimum absolute atomic E-state index is 0.601. The maximum atomic E-state index is 6.01. The maximum Gasteiger partial charge on any atom is 0.158 e. The molecule has 0 bridgehead atoms. The number of rotatable bonds is 1. The highest BCUT2D eigenvalue weighted by atomic mass is 15.3. The van der Waals surface area contributed by atoms with Crippen molar-refractivity contribution in [3.05, 3.63) is 47.7 Å². The summed E-state index contributed by atoms with van der Waals surface area (Å²) in [7, 11) is 0. The molecule has 2 heterocycles. The number of anilines is 1. The first-order valence-corrected chi connectivity index (χ1v) is 5.83. The summed E-state index contributed by atoms with van der Waals surface area (Å²) in [6, 6.07) is 12.0. The molecule has 0 spiro atoms. The predicted octanol–water partition coefficient (Wildman–Crippen LogP) is 2.60. The Labute approximate surface area is 105 Å². The van der Waals surface area contributed by atoms with Crippen LogP contribution in [0.15, 0.2) is 36.4 Å². The fourth-order valence-corrected chi connectivity index (χ4v) is 2.06. The lowest BCUT2D eigenvalue weighted by Gasteiger charge is -2.05. The zero-order valence-electron chi connectivity index (χ0n) is 10.4. The van der Waals surface area contributed by atoms with Crippen molar-refractivity contribution in [3.63, 3.8) is 0 Å². The zero-order valence-corrected chi connectivity index (χ0v) is 10.4. The van der Waals surface area contributed by atoms with Gasteiger partial charge in [0.2, 0.25) is 0 Å². The van der Waals surface area contributed by atoms with Crippen molar-refractivity contribution in [1.29, 1.82) is 0 Å². The van der Waals surface area contributed by atoms with E-state index in [9.17, 15) is 0 Å². The summed E-state index contributed by atoms with van der Waals surface area (Å²) < 4.78 is 1.66. The first-order chi connectivity index (χ1) is 8.63. The van der Waals surface area contributed by atoms with Crippen LogP contribution in [0.2, 0.25) is 0 Å². The number of aromatic nitrogens is 3. The van der Waals surface area contributed by atoms with Gasteiger partial charge in [-0.05, 0) is 19.9 Å². The summed E-state index contributed by atoms with van der Waals surface area (Å²) in [5, 5.41) is 4.29. The number of fused-ring (bicyclic) bond motifs is 1. The Bertz CT molecular complexity index is 728. The molecule has 3 aromatic rings. The van der Waals surface area contributed by atoms with Crippen LogP contribution in [0.1, 0.15) is 11.3 Å². The smallest absolute Gasteiger partial charge is 0.158 e. The van der Waals surface area contributed by atoms with Gasteiger partial charge in [-0.1, -0.05) is 23.8 Å². The molecule has 3 rings (SSSR count). The molecule has 0 saturated heterocycles. The third-order valence-electron chi connectivity index (χ3n) is 2.89. The van der Waals surface area contributed by atoms with Gasteiger partial charge in [0.25, 0.3) is 0 Å². The van der Waals surface area contributed by atoms with Crippen LogP contribution in [-0.4, -0.2) is 14.6 Å². The second-order valence-corrected chi connectivity index (χ2v) is 4.49. The van der Waals surface area contributed by atoms with Gasteiger partial charge in [0.15, 0.2) is 5.65 Å². The fraction of sp³-hybridized carbons (Fsp3) is 0.143. The predicted molar refractivity (Wildman–Crippen MR) is 72.3 cm³/mol. The summed E-state index contributed by atoms with van der Waals surface area (Å²) in [5.41, 5.74) is 10.9. The molecule has 2 aromatic heterocycles. The second kappa shape index (κ2) is 3.84. The molecule has 18 heavy (non-hydrogen) atoms. The van der Waals surface area contributed by atoms with Crippen molar-refractivity contribution >= 4 is 11.5 Å². The zero-order chi connectivity index (χ0) is 12.7. The Balaban J connectivity index is 2.24. The molecule has 0 fully saturated rings. The van der Waals surface area contributed by atoms with Crippen LogP contribution < -0.4 is 5.73 Å². The van der Waals surface area contributed by atoms with E-state index in [1.54, 1.807) is 4.52 Å². The van der Waals surface area contributed by atoms with E-state index in [2.05, 4.69) is 29.1 Å². The number of hydrogen-bond acceptors (Lipinski definition) is 3. The van der Waals surface area contributed by atoms with Gasteiger partial charge in [-0.3, -0.25) is 0 Å². The summed E-state index contributed by atoms with van der Waals surface area (Å²) in [6.45, 7) is 3.99. The van der Waals surface area contributed by atoms with E-state index in [4.69, 9.17) is 5.73 Å². The summed E-state index contributed by atoms with van der Waals surface area (Å²) in [5.74, 6) is 0.601. The molecule has 0 saturated carbocycles. The molecule has 1 aromatic carbocycles. The normalized spacial score (nSPS) is 11.0. The lowest BCUT2D eigenvalue weighted by molar-refractivity contribution is 0.930. The van der Waals surface area contributed by atoms with Crippen LogP contribution in [0.25, 0.3) is 16.9 Å². The van der Waals surface area contributed by atoms with Crippen molar-refractivity contribution in [2.45, 2.75) is 13.8 Å². The number of nitrogens with zero attached hydrogens (tertiary/aromatic N) is 3. The van der Waals surface area contributed by atoms with Crippen LogP contribution in [0.3, 0.4) is 0 Å². The Morgan fingerprint density at radius 3 is 2.72 bits per heavy atom. The molecule has 90 valence electrons. The van der Waals surface area contributed by atoms with Crippen LogP contribution in [0.5, 0.6) is 0 Å². The van der Waals surface area contributed by atoms with Gasteiger partial charge in [0, 0.05) is 17.7 Å². The summed E-state index contributed by atoms with van der Waals surface area (Å²) >= 11 is 0. The van der Waals surface area contributed by atoms with E-state index in [1.807, 2.05) is 31.2 Å². The Morgan fingerprint density at radius 1 is 1.11 bits per heavy atom. The molecule has 0 amide bonds. The Morgan fingerprint density at radius 2 is 1.94 bits per heavy atom. The van der Waals surface area contributed by atoms with E-state index in [0.717, 1.165) is 22.6 Å². The van der Waals surface area contributed by atoms with Crippen molar-refractivity contribution in [1.82, 2.24) is 14.6 Å². The minimum atomic E-state index is 0.601. The van der Waals surface area contributed by atoms with E-state index in [0.29, 0.717) is 5.82 Å².